The molecule has 0 aromatic carbocycles. The SMILES string of the molecule is CCOP(=O)(OCC)C1CC(C)=C(C)C1=O. The lowest BCUT2D eigenvalue weighted by molar-refractivity contribution is -0.114. The number of ketones is 1. The maximum atomic E-state index is 12.4. The fraction of sp³-hybridized carbons (Fsp3) is 0.727. The second-order valence-corrected chi connectivity index (χ2v) is 6.08. The summed E-state index contributed by atoms with van der Waals surface area (Å²) in [6, 6.07) is 0. The van der Waals surface area contributed by atoms with Gasteiger partial charge >= 0.3 is 7.60 Å². The number of carbonyl (C=O) groups excluding carboxylic acids is 1. The van der Waals surface area contributed by atoms with Crippen LogP contribution in [-0.4, -0.2) is 24.7 Å². The van der Waals surface area contributed by atoms with Crippen LogP contribution in [0.4, 0.5) is 0 Å². The lowest BCUT2D eigenvalue weighted by atomic mass is 10.2. The highest BCUT2D eigenvalue weighted by atomic mass is 31.2. The van der Waals surface area contributed by atoms with Gasteiger partial charge in [-0.05, 0) is 39.7 Å². The maximum absolute atomic E-state index is 12.4. The van der Waals surface area contributed by atoms with Gasteiger partial charge in [-0.3, -0.25) is 9.36 Å². The topological polar surface area (TPSA) is 52.6 Å². The van der Waals surface area contributed by atoms with Crippen molar-refractivity contribution < 1.29 is 18.4 Å². The Morgan fingerprint density at radius 3 is 2.06 bits per heavy atom. The average Bonchev–Trinajstić information content (AvgIpc) is 2.47. The summed E-state index contributed by atoms with van der Waals surface area (Å²) >= 11 is 0. The van der Waals surface area contributed by atoms with Gasteiger partial charge in [0.1, 0.15) is 5.66 Å². The predicted octanol–water partition coefficient (Wildman–Crippen LogP) is 2.93. The fourth-order valence-electron chi connectivity index (χ4n) is 1.83. The van der Waals surface area contributed by atoms with Crippen LogP contribution in [0.15, 0.2) is 11.1 Å². The average molecular weight is 246 g/mol. The molecular weight excluding hydrogens is 227 g/mol. The fourth-order valence-corrected chi connectivity index (χ4v) is 3.96. The molecule has 0 N–H and O–H groups in total. The molecule has 0 aliphatic heterocycles. The first kappa shape index (κ1) is 13.6. The first-order valence-corrected chi connectivity index (χ1v) is 7.16. The largest absolute Gasteiger partial charge is 0.341 e. The maximum Gasteiger partial charge on any atom is 0.341 e. The molecule has 1 unspecified atom stereocenters. The third-order valence-corrected chi connectivity index (χ3v) is 5.23. The van der Waals surface area contributed by atoms with Gasteiger partial charge in [-0.2, -0.15) is 0 Å². The zero-order valence-corrected chi connectivity index (χ0v) is 11.2. The first-order chi connectivity index (χ1) is 7.46. The van der Waals surface area contributed by atoms with Gasteiger partial charge in [-0.1, -0.05) is 5.57 Å². The molecule has 1 aliphatic carbocycles. The molecule has 1 atom stereocenters. The highest BCUT2D eigenvalue weighted by molar-refractivity contribution is 7.55. The summed E-state index contributed by atoms with van der Waals surface area (Å²) in [4.78, 5) is 11.9. The Kier molecular flexibility index (Phi) is 4.48. The second kappa shape index (κ2) is 5.26. The van der Waals surface area contributed by atoms with Crippen molar-refractivity contribution in [2.24, 2.45) is 0 Å². The molecule has 0 aromatic rings. The number of Topliss-reactive ketones (excluding diaryl/α,β-unsaturated/α-hetero) is 1. The highest BCUT2D eigenvalue weighted by Gasteiger charge is 2.44. The molecule has 0 bridgehead atoms. The minimum atomic E-state index is -3.29. The van der Waals surface area contributed by atoms with Gasteiger partial charge in [0.2, 0.25) is 0 Å². The van der Waals surface area contributed by atoms with Gasteiger partial charge in [0.05, 0.1) is 13.2 Å². The van der Waals surface area contributed by atoms with E-state index in [-0.39, 0.29) is 5.78 Å². The molecule has 92 valence electrons. The predicted molar refractivity (Wildman–Crippen MR) is 62.6 cm³/mol. The molecule has 0 aromatic heterocycles. The zero-order valence-electron chi connectivity index (χ0n) is 10.3. The third-order valence-electron chi connectivity index (χ3n) is 2.81. The van der Waals surface area contributed by atoms with E-state index in [2.05, 4.69) is 0 Å². The van der Waals surface area contributed by atoms with Gasteiger partial charge in [-0.25, -0.2) is 0 Å². The van der Waals surface area contributed by atoms with Crippen molar-refractivity contribution in [3.05, 3.63) is 11.1 Å². The standard InChI is InChI=1S/C11H19O4P/c1-5-14-16(13,15-6-2)10-7-8(3)9(4)11(10)12/h10H,5-7H2,1-4H3. The van der Waals surface area contributed by atoms with Gasteiger partial charge in [0.25, 0.3) is 0 Å². The minimum Gasteiger partial charge on any atom is -0.308 e. The van der Waals surface area contributed by atoms with Crippen LogP contribution < -0.4 is 0 Å². The summed E-state index contributed by atoms with van der Waals surface area (Å²) in [5.41, 5.74) is 1.05. The van der Waals surface area contributed by atoms with Crippen LogP contribution in [-0.2, 0) is 18.4 Å². The molecule has 0 saturated carbocycles. The van der Waals surface area contributed by atoms with Crippen molar-refractivity contribution in [1.82, 2.24) is 0 Å². The molecule has 0 saturated heterocycles. The summed E-state index contributed by atoms with van der Waals surface area (Å²) < 4.78 is 22.8. The van der Waals surface area contributed by atoms with Crippen LogP contribution in [0.25, 0.3) is 0 Å². The summed E-state index contributed by atoms with van der Waals surface area (Å²) in [7, 11) is -3.29. The molecule has 1 aliphatic rings. The molecule has 0 fully saturated rings. The number of allylic oxidation sites excluding steroid dienone is 2. The number of carbonyl (C=O) groups is 1. The molecule has 1 rings (SSSR count). The van der Waals surface area contributed by atoms with Crippen LogP contribution in [0.5, 0.6) is 0 Å². The summed E-state index contributed by atoms with van der Waals surface area (Å²) in [6.07, 6.45) is 0.488. The lowest BCUT2D eigenvalue weighted by Gasteiger charge is -2.22. The molecule has 0 spiro atoms. The van der Waals surface area contributed by atoms with Crippen LogP contribution in [0.3, 0.4) is 0 Å². The van der Waals surface area contributed by atoms with E-state index >= 15 is 0 Å². The molecule has 4 nitrogen and oxygen atoms in total. The molecule has 0 amide bonds. The minimum absolute atomic E-state index is 0.0947. The van der Waals surface area contributed by atoms with E-state index in [4.69, 9.17) is 9.05 Å². The van der Waals surface area contributed by atoms with Crippen LogP contribution in [0, 0.1) is 0 Å². The zero-order chi connectivity index (χ0) is 12.3. The number of hydrogen-bond donors (Lipinski definition) is 0. The molecule has 16 heavy (non-hydrogen) atoms. The summed E-state index contributed by atoms with van der Waals surface area (Å²) in [6.45, 7) is 7.73. The van der Waals surface area contributed by atoms with E-state index in [0.717, 1.165) is 5.57 Å². The number of hydrogen-bond acceptors (Lipinski definition) is 4. The van der Waals surface area contributed by atoms with Gasteiger partial charge in [0.15, 0.2) is 5.78 Å². The van der Waals surface area contributed by atoms with Gasteiger partial charge in [-0.15, -0.1) is 0 Å². The molecule has 0 radical (unpaired) electrons. The molecule has 5 heteroatoms. The summed E-state index contributed by atoms with van der Waals surface area (Å²) in [5, 5.41) is 0. The Morgan fingerprint density at radius 1 is 1.25 bits per heavy atom. The normalized spacial score (nSPS) is 22.0. The van der Waals surface area contributed by atoms with E-state index in [1.807, 2.05) is 6.92 Å². The first-order valence-electron chi connectivity index (χ1n) is 5.55. The van der Waals surface area contributed by atoms with Gasteiger partial charge < -0.3 is 9.05 Å². The Morgan fingerprint density at radius 2 is 1.75 bits per heavy atom. The van der Waals surface area contributed by atoms with E-state index < -0.39 is 13.3 Å². The Bertz CT molecular complexity index is 349. The van der Waals surface area contributed by atoms with Crippen LogP contribution in [0.2, 0.25) is 0 Å². The van der Waals surface area contributed by atoms with E-state index in [1.165, 1.54) is 0 Å². The van der Waals surface area contributed by atoms with Crippen molar-refractivity contribution in [3.63, 3.8) is 0 Å². The number of rotatable bonds is 5. The second-order valence-electron chi connectivity index (χ2n) is 3.86. The lowest BCUT2D eigenvalue weighted by Crippen LogP contribution is -2.19. The van der Waals surface area contributed by atoms with Crippen molar-refractivity contribution in [2.45, 2.75) is 39.8 Å². The third kappa shape index (κ3) is 2.45. The van der Waals surface area contributed by atoms with Crippen LogP contribution >= 0.6 is 7.60 Å². The Balaban J connectivity index is 2.92. The summed E-state index contributed by atoms with van der Waals surface area (Å²) in [5.74, 6) is -0.0947. The molecular formula is C11H19O4P. The van der Waals surface area contributed by atoms with Crippen molar-refractivity contribution in [2.75, 3.05) is 13.2 Å². The van der Waals surface area contributed by atoms with E-state index in [9.17, 15) is 9.36 Å². The highest BCUT2D eigenvalue weighted by Crippen LogP contribution is 2.57. The quantitative estimate of drug-likeness (QED) is 0.700. The van der Waals surface area contributed by atoms with Crippen molar-refractivity contribution in [1.29, 1.82) is 0 Å². The van der Waals surface area contributed by atoms with Crippen molar-refractivity contribution >= 4 is 13.4 Å². The van der Waals surface area contributed by atoms with Crippen molar-refractivity contribution in [3.8, 4) is 0 Å². The monoisotopic (exact) mass is 246 g/mol. The van der Waals surface area contributed by atoms with E-state index in [0.29, 0.717) is 25.2 Å². The van der Waals surface area contributed by atoms with Crippen LogP contribution in [0.1, 0.15) is 34.1 Å². The Hall–Kier alpha value is -0.440. The smallest absolute Gasteiger partial charge is 0.308 e. The van der Waals surface area contributed by atoms with Gasteiger partial charge in [0, 0.05) is 0 Å². The molecule has 0 heterocycles. The Labute approximate surface area is 96.5 Å². The van der Waals surface area contributed by atoms with E-state index in [1.54, 1.807) is 20.8 Å².